The minimum absolute atomic E-state index is 0.0469. The maximum absolute atomic E-state index is 12.8. The van der Waals surface area contributed by atoms with Gasteiger partial charge >= 0.3 is 0 Å². The van der Waals surface area contributed by atoms with Gasteiger partial charge < -0.3 is 9.42 Å². The van der Waals surface area contributed by atoms with Crippen molar-refractivity contribution >= 4 is 15.9 Å². The first-order valence-electron chi connectivity index (χ1n) is 9.04. The SMILES string of the molecule is CCCCC(CC)C(=O)N1CCN(S(=O)(=O)c2c(C)noc2C)CC1. The van der Waals surface area contributed by atoms with E-state index in [4.69, 9.17) is 4.52 Å². The molecule has 1 saturated heterocycles. The summed E-state index contributed by atoms with van der Waals surface area (Å²) in [6, 6.07) is 0. The number of carbonyl (C=O) groups excluding carboxylic acids is 1. The number of carbonyl (C=O) groups is 1. The summed E-state index contributed by atoms with van der Waals surface area (Å²) >= 11 is 0. The van der Waals surface area contributed by atoms with Gasteiger partial charge in [-0.15, -0.1) is 0 Å². The Kier molecular flexibility index (Phi) is 6.62. The second-order valence-corrected chi connectivity index (χ2v) is 8.50. The molecule has 0 radical (unpaired) electrons. The Morgan fingerprint density at radius 1 is 1.20 bits per heavy atom. The lowest BCUT2D eigenvalue weighted by Crippen LogP contribution is -2.51. The van der Waals surface area contributed by atoms with Gasteiger partial charge in [-0.3, -0.25) is 4.79 Å². The highest BCUT2D eigenvalue weighted by atomic mass is 32.2. The fourth-order valence-electron chi connectivity index (χ4n) is 3.33. The summed E-state index contributed by atoms with van der Waals surface area (Å²) in [4.78, 5) is 14.6. The monoisotopic (exact) mass is 371 g/mol. The number of hydrogen-bond acceptors (Lipinski definition) is 5. The first-order chi connectivity index (χ1) is 11.8. The number of sulfonamides is 1. The van der Waals surface area contributed by atoms with E-state index >= 15 is 0 Å². The van der Waals surface area contributed by atoms with Gasteiger partial charge in [-0.1, -0.05) is 31.8 Å². The molecule has 7 nitrogen and oxygen atoms in total. The standard InChI is InChI=1S/C17H29N3O4S/c1-5-7-8-15(6-2)17(21)19-9-11-20(12-10-19)25(22,23)16-13(3)18-24-14(16)4/h15H,5-12H2,1-4H3. The van der Waals surface area contributed by atoms with Crippen LogP contribution in [0.4, 0.5) is 0 Å². The van der Waals surface area contributed by atoms with Crippen LogP contribution in [0.5, 0.6) is 0 Å². The Hall–Kier alpha value is -1.41. The Morgan fingerprint density at radius 3 is 2.32 bits per heavy atom. The summed E-state index contributed by atoms with van der Waals surface area (Å²) < 4.78 is 32.1. The van der Waals surface area contributed by atoms with Gasteiger partial charge in [0.25, 0.3) is 0 Å². The van der Waals surface area contributed by atoms with Gasteiger partial charge in [0.15, 0.2) is 5.76 Å². The van der Waals surface area contributed by atoms with Gasteiger partial charge in [-0.25, -0.2) is 8.42 Å². The molecule has 1 fully saturated rings. The topological polar surface area (TPSA) is 83.7 Å². The maximum Gasteiger partial charge on any atom is 0.248 e. The van der Waals surface area contributed by atoms with E-state index in [1.165, 1.54) is 4.31 Å². The Bertz CT molecular complexity index is 671. The third kappa shape index (κ3) is 4.23. The molecule has 2 rings (SSSR count). The predicted molar refractivity (Wildman–Crippen MR) is 94.6 cm³/mol. The van der Waals surface area contributed by atoms with E-state index < -0.39 is 10.0 Å². The summed E-state index contributed by atoms with van der Waals surface area (Å²) in [5.74, 6) is 0.512. The van der Waals surface area contributed by atoms with E-state index in [-0.39, 0.29) is 16.7 Å². The third-order valence-electron chi connectivity index (χ3n) is 4.86. The number of aromatic nitrogens is 1. The van der Waals surface area contributed by atoms with Crippen molar-refractivity contribution in [1.29, 1.82) is 0 Å². The van der Waals surface area contributed by atoms with Crippen LogP contribution in [0.25, 0.3) is 0 Å². The lowest BCUT2D eigenvalue weighted by molar-refractivity contribution is -0.137. The lowest BCUT2D eigenvalue weighted by Gasteiger charge is -2.35. The fourth-order valence-corrected chi connectivity index (χ4v) is 5.05. The molecular formula is C17H29N3O4S. The molecule has 1 amide bonds. The van der Waals surface area contributed by atoms with Crippen molar-refractivity contribution in [3.05, 3.63) is 11.5 Å². The summed E-state index contributed by atoms with van der Waals surface area (Å²) in [6.45, 7) is 8.87. The molecule has 142 valence electrons. The quantitative estimate of drug-likeness (QED) is 0.734. The van der Waals surface area contributed by atoms with Crippen LogP contribution in [0.15, 0.2) is 9.42 Å². The van der Waals surface area contributed by atoms with E-state index in [2.05, 4.69) is 12.1 Å². The Morgan fingerprint density at radius 2 is 1.84 bits per heavy atom. The summed E-state index contributed by atoms with van der Waals surface area (Å²) in [5, 5.41) is 3.74. The van der Waals surface area contributed by atoms with E-state index in [1.54, 1.807) is 13.8 Å². The van der Waals surface area contributed by atoms with Crippen LogP contribution < -0.4 is 0 Å². The van der Waals surface area contributed by atoms with Crippen molar-refractivity contribution in [2.24, 2.45) is 5.92 Å². The van der Waals surface area contributed by atoms with Crippen LogP contribution >= 0.6 is 0 Å². The smallest absolute Gasteiger partial charge is 0.248 e. The second kappa shape index (κ2) is 8.31. The van der Waals surface area contributed by atoms with E-state index in [1.807, 2.05) is 11.8 Å². The molecule has 0 N–H and O–H groups in total. The predicted octanol–water partition coefficient (Wildman–Crippen LogP) is 2.34. The fraction of sp³-hybridized carbons (Fsp3) is 0.765. The molecule has 0 bridgehead atoms. The van der Waals surface area contributed by atoms with Gasteiger partial charge in [0, 0.05) is 32.1 Å². The van der Waals surface area contributed by atoms with Gasteiger partial charge in [0.2, 0.25) is 15.9 Å². The molecule has 1 aromatic rings. The highest BCUT2D eigenvalue weighted by molar-refractivity contribution is 7.89. The highest BCUT2D eigenvalue weighted by Gasteiger charge is 2.35. The van der Waals surface area contributed by atoms with Crippen LogP contribution in [0.1, 0.15) is 51.0 Å². The molecular weight excluding hydrogens is 342 g/mol. The number of unbranched alkanes of at least 4 members (excludes halogenated alkanes) is 1. The van der Waals surface area contributed by atoms with Crippen molar-refractivity contribution in [3.8, 4) is 0 Å². The van der Waals surface area contributed by atoms with Crippen molar-refractivity contribution in [3.63, 3.8) is 0 Å². The minimum Gasteiger partial charge on any atom is -0.360 e. The number of hydrogen-bond donors (Lipinski definition) is 0. The molecule has 1 aromatic heterocycles. The van der Waals surface area contributed by atoms with Crippen LogP contribution in [0, 0.1) is 19.8 Å². The molecule has 1 aliphatic rings. The minimum atomic E-state index is -3.63. The average Bonchev–Trinajstić information content (AvgIpc) is 2.94. The first-order valence-corrected chi connectivity index (χ1v) is 10.5. The van der Waals surface area contributed by atoms with E-state index in [0.29, 0.717) is 37.6 Å². The highest BCUT2D eigenvalue weighted by Crippen LogP contribution is 2.25. The van der Waals surface area contributed by atoms with Gasteiger partial charge in [-0.05, 0) is 26.7 Å². The van der Waals surface area contributed by atoms with Crippen LogP contribution in [-0.2, 0) is 14.8 Å². The first kappa shape index (κ1) is 19.9. The Labute approximate surface area is 150 Å². The van der Waals surface area contributed by atoms with Gasteiger partial charge in [0.1, 0.15) is 10.6 Å². The molecule has 1 unspecified atom stereocenters. The average molecular weight is 372 g/mol. The van der Waals surface area contributed by atoms with E-state index in [0.717, 1.165) is 25.7 Å². The largest absolute Gasteiger partial charge is 0.360 e. The molecule has 0 saturated carbocycles. The molecule has 1 atom stereocenters. The number of rotatable bonds is 7. The summed E-state index contributed by atoms with van der Waals surface area (Å²) in [5.41, 5.74) is 0.376. The zero-order valence-electron chi connectivity index (χ0n) is 15.6. The summed E-state index contributed by atoms with van der Waals surface area (Å²) in [7, 11) is -3.63. The zero-order chi connectivity index (χ0) is 18.6. The molecule has 8 heteroatoms. The van der Waals surface area contributed by atoms with Crippen LogP contribution in [0.3, 0.4) is 0 Å². The van der Waals surface area contributed by atoms with Crippen molar-refractivity contribution in [1.82, 2.24) is 14.4 Å². The number of nitrogens with zero attached hydrogens (tertiary/aromatic N) is 3. The lowest BCUT2D eigenvalue weighted by atomic mass is 9.97. The number of amides is 1. The van der Waals surface area contributed by atoms with Gasteiger partial charge in [-0.2, -0.15) is 4.31 Å². The molecule has 1 aliphatic heterocycles. The normalized spacial score (nSPS) is 17.7. The molecule has 0 spiro atoms. The third-order valence-corrected chi connectivity index (χ3v) is 7.01. The maximum atomic E-state index is 12.8. The van der Waals surface area contributed by atoms with Crippen LogP contribution in [0.2, 0.25) is 0 Å². The van der Waals surface area contributed by atoms with Crippen LogP contribution in [-0.4, -0.2) is 54.9 Å². The Balaban J connectivity index is 2.03. The zero-order valence-corrected chi connectivity index (χ0v) is 16.4. The number of aryl methyl sites for hydroxylation is 2. The second-order valence-electron chi connectivity index (χ2n) is 6.63. The van der Waals surface area contributed by atoms with E-state index in [9.17, 15) is 13.2 Å². The molecule has 2 heterocycles. The van der Waals surface area contributed by atoms with Crippen molar-refractivity contribution in [2.75, 3.05) is 26.2 Å². The van der Waals surface area contributed by atoms with Gasteiger partial charge in [0.05, 0.1) is 0 Å². The van der Waals surface area contributed by atoms with Crippen molar-refractivity contribution < 1.29 is 17.7 Å². The summed E-state index contributed by atoms with van der Waals surface area (Å²) in [6.07, 6.45) is 3.86. The molecule has 0 aromatic carbocycles. The molecule has 25 heavy (non-hydrogen) atoms. The van der Waals surface area contributed by atoms with Crippen molar-refractivity contribution in [2.45, 2.75) is 58.3 Å². The number of piperazine rings is 1. The molecule has 0 aliphatic carbocycles.